The molecule has 0 radical (unpaired) electrons. The van der Waals surface area contributed by atoms with Crippen molar-refractivity contribution < 1.29 is 14.3 Å². The van der Waals surface area contributed by atoms with Gasteiger partial charge in [-0.2, -0.15) is 0 Å². The lowest BCUT2D eigenvalue weighted by Gasteiger charge is -2.15. The number of carbonyl (C=O) groups is 1. The Balaban J connectivity index is 2.79. The van der Waals surface area contributed by atoms with Crippen LogP contribution in [0.3, 0.4) is 0 Å². The Morgan fingerprint density at radius 1 is 1.30 bits per heavy atom. The van der Waals surface area contributed by atoms with Crippen LogP contribution in [0.4, 0.5) is 0 Å². The van der Waals surface area contributed by atoms with Crippen LogP contribution < -0.4 is 14.8 Å². The van der Waals surface area contributed by atoms with Gasteiger partial charge in [0, 0.05) is 12.6 Å². The molecule has 0 aliphatic carbocycles. The molecule has 5 heteroatoms. The van der Waals surface area contributed by atoms with Crippen molar-refractivity contribution in [3.63, 3.8) is 0 Å². The Morgan fingerprint density at radius 3 is 2.57 bits per heavy atom. The van der Waals surface area contributed by atoms with Gasteiger partial charge in [0.1, 0.15) is 0 Å². The van der Waals surface area contributed by atoms with Crippen molar-refractivity contribution in [2.45, 2.75) is 40.2 Å². The summed E-state index contributed by atoms with van der Waals surface area (Å²) in [4.78, 5) is 11.8. The zero-order valence-corrected chi connectivity index (χ0v) is 15.2. The Hall–Kier alpha value is -1.68. The summed E-state index contributed by atoms with van der Waals surface area (Å²) in [6.45, 7) is 8.76. The lowest BCUT2D eigenvalue weighted by atomic mass is 10.1. The number of halogens is 1. The molecular weight excluding hydrogens is 314 g/mol. The van der Waals surface area contributed by atoms with Gasteiger partial charge in [0.05, 0.1) is 18.2 Å². The number of hydrogen-bond acceptors (Lipinski definition) is 3. The highest BCUT2D eigenvalue weighted by Crippen LogP contribution is 2.37. The summed E-state index contributed by atoms with van der Waals surface area (Å²) in [5.74, 6) is 1.51. The number of methoxy groups -OCH3 is 1. The summed E-state index contributed by atoms with van der Waals surface area (Å²) in [5, 5.41) is 3.31. The highest BCUT2D eigenvalue weighted by atomic mass is 35.5. The molecule has 0 aliphatic heterocycles. The second-order valence-corrected chi connectivity index (χ2v) is 6.41. The standard InChI is InChI=1S/C18H26ClNO3/c1-12(2)8-9-20-17(21)7-6-14-10-15(19)18(23-13(3)4)16(11-14)22-5/h6-7,10-13H,8-9H2,1-5H3,(H,20,21)/b7-6+. The van der Waals surface area contributed by atoms with Gasteiger partial charge in [0.2, 0.25) is 5.91 Å². The van der Waals surface area contributed by atoms with Gasteiger partial charge in [-0.15, -0.1) is 0 Å². The van der Waals surface area contributed by atoms with Crippen LogP contribution in [0.1, 0.15) is 39.7 Å². The topological polar surface area (TPSA) is 47.6 Å². The van der Waals surface area contributed by atoms with Gasteiger partial charge in [-0.1, -0.05) is 25.4 Å². The van der Waals surface area contributed by atoms with Crippen molar-refractivity contribution in [2.24, 2.45) is 5.92 Å². The molecule has 1 rings (SSSR count). The molecule has 0 unspecified atom stereocenters. The predicted molar refractivity (Wildman–Crippen MR) is 95.3 cm³/mol. The summed E-state index contributed by atoms with van der Waals surface area (Å²) in [6, 6.07) is 3.54. The summed E-state index contributed by atoms with van der Waals surface area (Å²) < 4.78 is 11.0. The van der Waals surface area contributed by atoms with Crippen LogP contribution >= 0.6 is 11.6 Å². The molecule has 0 bridgehead atoms. The second-order valence-electron chi connectivity index (χ2n) is 6.01. The van der Waals surface area contributed by atoms with Crippen molar-refractivity contribution in [3.8, 4) is 11.5 Å². The van der Waals surface area contributed by atoms with E-state index in [-0.39, 0.29) is 12.0 Å². The van der Waals surface area contributed by atoms with Gasteiger partial charge in [0.15, 0.2) is 11.5 Å². The van der Waals surface area contributed by atoms with Crippen molar-refractivity contribution >= 4 is 23.6 Å². The average Bonchev–Trinajstić information content (AvgIpc) is 2.46. The molecule has 1 N–H and O–H groups in total. The van der Waals surface area contributed by atoms with Gasteiger partial charge in [-0.25, -0.2) is 0 Å². The van der Waals surface area contributed by atoms with Gasteiger partial charge < -0.3 is 14.8 Å². The number of rotatable bonds is 8. The van der Waals surface area contributed by atoms with Crippen molar-refractivity contribution in [3.05, 3.63) is 28.8 Å². The van der Waals surface area contributed by atoms with Gasteiger partial charge in [-0.05, 0) is 50.0 Å². The molecule has 0 atom stereocenters. The van der Waals surface area contributed by atoms with Gasteiger partial charge in [0.25, 0.3) is 0 Å². The van der Waals surface area contributed by atoms with Crippen LogP contribution in [0.2, 0.25) is 5.02 Å². The first kappa shape index (κ1) is 19.4. The van der Waals surface area contributed by atoms with E-state index in [1.54, 1.807) is 25.3 Å². The van der Waals surface area contributed by atoms with Crippen LogP contribution in [0.25, 0.3) is 6.08 Å². The molecule has 0 heterocycles. The SMILES string of the molecule is COc1cc(/C=C/C(=O)NCCC(C)C)cc(Cl)c1OC(C)C. The van der Waals surface area contributed by atoms with Crippen molar-refractivity contribution in [1.29, 1.82) is 0 Å². The molecule has 1 aromatic rings. The second kappa shape index (κ2) is 9.46. The summed E-state index contributed by atoms with van der Waals surface area (Å²) in [5.41, 5.74) is 0.780. The maximum absolute atomic E-state index is 11.8. The van der Waals surface area contributed by atoms with Crippen molar-refractivity contribution in [1.82, 2.24) is 5.32 Å². The van der Waals surface area contributed by atoms with E-state index in [0.29, 0.717) is 29.0 Å². The van der Waals surface area contributed by atoms with Crippen LogP contribution in [0.15, 0.2) is 18.2 Å². The number of benzene rings is 1. The van der Waals surface area contributed by atoms with Crippen LogP contribution in [0.5, 0.6) is 11.5 Å². The van der Waals surface area contributed by atoms with Gasteiger partial charge >= 0.3 is 0 Å². The number of nitrogens with one attached hydrogen (secondary N) is 1. The maximum atomic E-state index is 11.8. The van der Waals surface area contributed by atoms with E-state index >= 15 is 0 Å². The minimum absolute atomic E-state index is 0.00507. The molecule has 0 saturated heterocycles. The zero-order valence-electron chi connectivity index (χ0n) is 14.5. The molecule has 0 aromatic heterocycles. The Morgan fingerprint density at radius 2 is 2.00 bits per heavy atom. The normalized spacial score (nSPS) is 11.3. The maximum Gasteiger partial charge on any atom is 0.243 e. The Labute approximate surface area is 143 Å². The summed E-state index contributed by atoms with van der Waals surface area (Å²) >= 11 is 6.25. The summed E-state index contributed by atoms with van der Waals surface area (Å²) in [7, 11) is 1.56. The molecule has 0 fully saturated rings. The minimum atomic E-state index is -0.122. The van der Waals surface area contributed by atoms with Crippen LogP contribution in [-0.2, 0) is 4.79 Å². The van der Waals surface area contributed by atoms with E-state index < -0.39 is 0 Å². The first-order valence-electron chi connectivity index (χ1n) is 7.83. The number of hydrogen-bond donors (Lipinski definition) is 1. The lowest BCUT2D eigenvalue weighted by Crippen LogP contribution is -2.23. The number of amides is 1. The third-order valence-corrected chi connectivity index (χ3v) is 3.33. The van der Waals surface area contributed by atoms with E-state index in [9.17, 15) is 4.79 Å². The molecular formula is C18H26ClNO3. The Kier molecular flexibility index (Phi) is 7.96. The monoisotopic (exact) mass is 339 g/mol. The fraction of sp³-hybridized carbons (Fsp3) is 0.500. The van der Waals surface area contributed by atoms with E-state index in [2.05, 4.69) is 19.2 Å². The first-order chi connectivity index (χ1) is 10.8. The van der Waals surface area contributed by atoms with Crippen LogP contribution in [-0.4, -0.2) is 25.7 Å². The Bertz CT molecular complexity index is 553. The van der Waals surface area contributed by atoms with E-state index in [1.807, 2.05) is 13.8 Å². The highest BCUT2D eigenvalue weighted by molar-refractivity contribution is 6.32. The summed E-state index contributed by atoms with van der Waals surface area (Å²) in [6.07, 6.45) is 4.15. The molecule has 128 valence electrons. The van der Waals surface area contributed by atoms with Crippen LogP contribution in [0, 0.1) is 5.92 Å². The third-order valence-electron chi connectivity index (χ3n) is 3.05. The zero-order chi connectivity index (χ0) is 17.4. The lowest BCUT2D eigenvalue weighted by molar-refractivity contribution is -0.116. The molecule has 4 nitrogen and oxygen atoms in total. The largest absolute Gasteiger partial charge is 0.493 e. The molecule has 23 heavy (non-hydrogen) atoms. The van der Waals surface area contributed by atoms with E-state index in [1.165, 1.54) is 6.08 Å². The molecule has 1 aromatic carbocycles. The highest BCUT2D eigenvalue weighted by Gasteiger charge is 2.12. The van der Waals surface area contributed by atoms with Gasteiger partial charge in [-0.3, -0.25) is 4.79 Å². The van der Waals surface area contributed by atoms with E-state index in [4.69, 9.17) is 21.1 Å². The van der Waals surface area contributed by atoms with E-state index in [0.717, 1.165) is 12.0 Å². The number of carbonyl (C=O) groups excluding carboxylic acids is 1. The first-order valence-corrected chi connectivity index (χ1v) is 8.21. The molecule has 1 amide bonds. The number of ether oxygens (including phenoxy) is 2. The average molecular weight is 340 g/mol. The quantitative estimate of drug-likeness (QED) is 0.718. The molecule has 0 spiro atoms. The fourth-order valence-electron chi connectivity index (χ4n) is 1.90. The molecule has 0 aliphatic rings. The fourth-order valence-corrected chi connectivity index (χ4v) is 2.16. The van der Waals surface area contributed by atoms with Crippen molar-refractivity contribution in [2.75, 3.05) is 13.7 Å². The molecule has 0 saturated carbocycles. The third kappa shape index (κ3) is 6.95. The predicted octanol–water partition coefficient (Wildman–Crippen LogP) is 4.31. The minimum Gasteiger partial charge on any atom is -0.493 e. The smallest absolute Gasteiger partial charge is 0.243 e.